The standard InChI is InChI=1S/C16H17ClN2O3/c17-12-3-4-15-14(6-12)11(10-20)8-19(15)9-16(21)18-7-13-2-1-5-22-13/h3-4,6,8,10,13H,1-2,5,7,9H2,(H,18,21). The second-order valence-corrected chi connectivity index (χ2v) is 5.87. The van der Waals surface area contributed by atoms with E-state index in [2.05, 4.69) is 5.32 Å². The molecule has 1 saturated heterocycles. The quantitative estimate of drug-likeness (QED) is 0.861. The smallest absolute Gasteiger partial charge is 0.240 e. The summed E-state index contributed by atoms with van der Waals surface area (Å²) >= 11 is 5.97. The van der Waals surface area contributed by atoms with Gasteiger partial charge in [-0.15, -0.1) is 0 Å². The molecule has 6 heteroatoms. The van der Waals surface area contributed by atoms with E-state index in [4.69, 9.17) is 16.3 Å². The summed E-state index contributed by atoms with van der Waals surface area (Å²) in [6.07, 6.45) is 4.61. The van der Waals surface area contributed by atoms with Crippen LogP contribution >= 0.6 is 11.6 Å². The van der Waals surface area contributed by atoms with E-state index in [1.54, 1.807) is 22.9 Å². The maximum Gasteiger partial charge on any atom is 0.240 e. The van der Waals surface area contributed by atoms with E-state index in [1.807, 2.05) is 6.07 Å². The summed E-state index contributed by atoms with van der Waals surface area (Å²) in [5.41, 5.74) is 1.35. The molecule has 1 atom stereocenters. The van der Waals surface area contributed by atoms with Crippen LogP contribution in [0.3, 0.4) is 0 Å². The van der Waals surface area contributed by atoms with E-state index < -0.39 is 0 Å². The second-order valence-electron chi connectivity index (χ2n) is 5.43. The molecule has 0 saturated carbocycles. The normalized spacial score (nSPS) is 17.8. The minimum atomic E-state index is -0.0974. The molecule has 1 aromatic carbocycles. The first-order valence-electron chi connectivity index (χ1n) is 7.29. The van der Waals surface area contributed by atoms with Crippen molar-refractivity contribution in [2.75, 3.05) is 13.2 Å². The number of fused-ring (bicyclic) bond motifs is 1. The molecule has 22 heavy (non-hydrogen) atoms. The highest BCUT2D eigenvalue weighted by Crippen LogP contribution is 2.24. The van der Waals surface area contributed by atoms with Gasteiger partial charge in [-0.05, 0) is 31.0 Å². The lowest BCUT2D eigenvalue weighted by atomic mass is 10.2. The van der Waals surface area contributed by atoms with Crippen molar-refractivity contribution in [1.82, 2.24) is 9.88 Å². The van der Waals surface area contributed by atoms with Crippen molar-refractivity contribution < 1.29 is 14.3 Å². The van der Waals surface area contributed by atoms with Crippen LogP contribution in [0.15, 0.2) is 24.4 Å². The number of aromatic nitrogens is 1. The summed E-state index contributed by atoms with van der Waals surface area (Å²) in [5, 5.41) is 4.20. The Labute approximate surface area is 133 Å². The van der Waals surface area contributed by atoms with Gasteiger partial charge in [0.25, 0.3) is 0 Å². The number of carbonyl (C=O) groups is 2. The first-order valence-corrected chi connectivity index (χ1v) is 7.67. The van der Waals surface area contributed by atoms with E-state index in [9.17, 15) is 9.59 Å². The van der Waals surface area contributed by atoms with E-state index in [1.165, 1.54) is 0 Å². The van der Waals surface area contributed by atoms with Gasteiger partial charge in [0.15, 0.2) is 6.29 Å². The minimum Gasteiger partial charge on any atom is -0.376 e. The van der Waals surface area contributed by atoms with Gasteiger partial charge in [-0.2, -0.15) is 0 Å². The van der Waals surface area contributed by atoms with E-state index >= 15 is 0 Å². The van der Waals surface area contributed by atoms with Gasteiger partial charge in [0.1, 0.15) is 6.54 Å². The molecule has 116 valence electrons. The van der Waals surface area contributed by atoms with Crippen molar-refractivity contribution in [3.63, 3.8) is 0 Å². The minimum absolute atomic E-state index is 0.0974. The largest absolute Gasteiger partial charge is 0.376 e. The second kappa shape index (κ2) is 6.50. The Morgan fingerprint density at radius 3 is 3.09 bits per heavy atom. The van der Waals surface area contributed by atoms with Crippen molar-refractivity contribution in [3.8, 4) is 0 Å². The molecule has 0 aliphatic carbocycles. The Morgan fingerprint density at radius 1 is 1.50 bits per heavy atom. The van der Waals surface area contributed by atoms with Crippen LogP contribution in [-0.4, -0.2) is 36.0 Å². The van der Waals surface area contributed by atoms with E-state index in [0.29, 0.717) is 17.1 Å². The monoisotopic (exact) mass is 320 g/mol. The van der Waals surface area contributed by atoms with Crippen molar-refractivity contribution in [2.24, 2.45) is 0 Å². The lowest BCUT2D eigenvalue weighted by Crippen LogP contribution is -2.34. The molecule has 1 N–H and O–H groups in total. The SMILES string of the molecule is O=Cc1cn(CC(=O)NCC2CCCO2)c2ccc(Cl)cc12. The average molecular weight is 321 g/mol. The molecular formula is C16H17ClN2O3. The van der Waals surface area contributed by atoms with E-state index in [0.717, 1.165) is 36.6 Å². The third-order valence-electron chi connectivity index (χ3n) is 3.87. The van der Waals surface area contributed by atoms with Gasteiger partial charge in [-0.3, -0.25) is 9.59 Å². The van der Waals surface area contributed by atoms with Gasteiger partial charge in [-0.1, -0.05) is 11.6 Å². The Bertz CT molecular complexity index is 705. The Hall–Kier alpha value is -1.85. The van der Waals surface area contributed by atoms with Gasteiger partial charge in [0.2, 0.25) is 5.91 Å². The van der Waals surface area contributed by atoms with Crippen LogP contribution in [0.4, 0.5) is 0 Å². The lowest BCUT2D eigenvalue weighted by molar-refractivity contribution is -0.122. The van der Waals surface area contributed by atoms with Gasteiger partial charge in [0.05, 0.1) is 6.10 Å². The highest BCUT2D eigenvalue weighted by Gasteiger charge is 2.17. The zero-order valence-electron chi connectivity index (χ0n) is 12.0. The topological polar surface area (TPSA) is 60.3 Å². The van der Waals surface area contributed by atoms with Gasteiger partial charge in [-0.25, -0.2) is 0 Å². The molecular weight excluding hydrogens is 304 g/mol. The summed E-state index contributed by atoms with van der Waals surface area (Å²) in [5.74, 6) is -0.0974. The highest BCUT2D eigenvalue weighted by atomic mass is 35.5. The van der Waals surface area contributed by atoms with E-state index in [-0.39, 0.29) is 18.6 Å². The molecule has 3 rings (SSSR count). The fourth-order valence-corrected chi connectivity index (χ4v) is 2.94. The van der Waals surface area contributed by atoms with Gasteiger partial charge in [0, 0.05) is 40.8 Å². The summed E-state index contributed by atoms with van der Waals surface area (Å²) in [6, 6.07) is 5.30. The lowest BCUT2D eigenvalue weighted by Gasteiger charge is -2.11. The van der Waals surface area contributed by atoms with Crippen molar-refractivity contribution >= 4 is 34.7 Å². The Kier molecular flexibility index (Phi) is 4.45. The number of hydrogen-bond acceptors (Lipinski definition) is 3. The van der Waals surface area contributed by atoms with Crippen LogP contribution in [-0.2, 0) is 16.1 Å². The average Bonchev–Trinajstić information content (AvgIpc) is 3.13. The number of ether oxygens (including phenoxy) is 1. The molecule has 2 aromatic rings. The zero-order valence-corrected chi connectivity index (χ0v) is 12.8. The van der Waals surface area contributed by atoms with Crippen molar-refractivity contribution in [1.29, 1.82) is 0 Å². The first kappa shape index (κ1) is 15.1. The molecule has 0 spiro atoms. The molecule has 1 unspecified atom stereocenters. The maximum atomic E-state index is 12.1. The number of hydrogen-bond donors (Lipinski definition) is 1. The van der Waals surface area contributed by atoms with Crippen molar-refractivity contribution in [2.45, 2.75) is 25.5 Å². The van der Waals surface area contributed by atoms with Crippen LogP contribution in [0.2, 0.25) is 5.02 Å². The van der Waals surface area contributed by atoms with Gasteiger partial charge >= 0.3 is 0 Å². The predicted octanol–water partition coefficient (Wildman–Crippen LogP) is 2.40. The molecule has 1 aromatic heterocycles. The number of nitrogens with one attached hydrogen (secondary N) is 1. The number of carbonyl (C=O) groups excluding carboxylic acids is 2. The third-order valence-corrected chi connectivity index (χ3v) is 4.10. The zero-order chi connectivity index (χ0) is 15.5. The summed E-state index contributed by atoms with van der Waals surface area (Å²) in [6.45, 7) is 1.47. The van der Waals surface area contributed by atoms with Crippen LogP contribution in [0, 0.1) is 0 Å². The maximum absolute atomic E-state index is 12.1. The molecule has 1 aliphatic rings. The molecule has 1 fully saturated rings. The molecule has 1 aliphatic heterocycles. The Balaban J connectivity index is 1.72. The highest BCUT2D eigenvalue weighted by molar-refractivity contribution is 6.31. The molecule has 1 amide bonds. The van der Waals surface area contributed by atoms with Gasteiger partial charge < -0.3 is 14.6 Å². The predicted molar refractivity (Wildman–Crippen MR) is 84.3 cm³/mol. The summed E-state index contributed by atoms with van der Waals surface area (Å²) in [4.78, 5) is 23.2. The van der Waals surface area contributed by atoms with Crippen LogP contribution in [0.1, 0.15) is 23.2 Å². The Morgan fingerprint density at radius 2 is 2.36 bits per heavy atom. The molecule has 0 radical (unpaired) electrons. The number of aldehydes is 1. The fraction of sp³-hybridized carbons (Fsp3) is 0.375. The summed E-state index contributed by atoms with van der Waals surface area (Å²) < 4.78 is 7.24. The van der Waals surface area contributed by atoms with Crippen LogP contribution < -0.4 is 5.32 Å². The molecule has 2 heterocycles. The molecule has 5 nitrogen and oxygen atoms in total. The molecule has 0 bridgehead atoms. The number of rotatable bonds is 5. The van der Waals surface area contributed by atoms with Crippen LogP contribution in [0.5, 0.6) is 0 Å². The number of nitrogens with zero attached hydrogens (tertiary/aromatic N) is 1. The third kappa shape index (κ3) is 3.15. The first-order chi connectivity index (χ1) is 10.7. The number of benzene rings is 1. The number of amides is 1. The fourth-order valence-electron chi connectivity index (χ4n) is 2.77. The van der Waals surface area contributed by atoms with Crippen molar-refractivity contribution in [3.05, 3.63) is 35.0 Å². The van der Waals surface area contributed by atoms with Crippen LogP contribution in [0.25, 0.3) is 10.9 Å². The summed E-state index contributed by atoms with van der Waals surface area (Å²) in [7, 11) is 0. The number of halogens is 1.